The maximum Gasteiger partial charge on any atom is 0.341 e. The normalized spacial score (nSPS) is 10.5. The number of phenols is 1. The zero-order chi connectivity index (χ0) is 21.7. The molecule has 7 nitrogen and oxygen atoms in total. The maximum absolute atomic E-state index is 12.0. The van der Waals surface area contributed by atoms with E-state index in [0.29, 0.717) is 42.3 Å². The number of nitrogens with zero attached hydrogens (tertiary/aromatic N) is 1. The number of hydrogen-bond donors (Lipinski definition) is 1. The Morgan fingerprint density at radius 1 is 1.10 bits per heavy atom. The molecule has 0 fully saturated rings. The number of carbonyl (C=O) groups excluding carboxylic acids is 2. The Kier molecular flexibility index (Phi) is 6.68. The van der Waals surface area contributed by atoms with Crippen molar-refractivity contribution in [2.75, 3.05) is 20.3 Å². The van der Waals surface area contributed by atoms with Crippen LogP contribution in [0.2, 0.25) is 0 Å². The van der Waals surface area contributed by atoms with Crippen molar-refractivity contribution in [2.45, 2.75) is 13.8 Å². The molecule has 2 aromatic carbocycles. The number of rotatable bonds is 8. The third-order valence-electron chi connectivity index (χ3n) is 4.26. The quantitative estimate of drug-likeness (QED) is 0.415. The average molecular weight is 427 g/mol. The van der Waals surface area contributed by atoms with Crippen molar-refractivity contribution in [1.29, 1.82) is 0 Å². The van der Waals surface area contributed by atoms with Gasteiger partial charge in [-0.1, -0.05) is 0 Å². The summed E-state index contributed by atoms with van der Waals surface area (Å²) in [7, 11) is 1.21. The number of carbonyl (C=O) groups is 2. The fourth-order valence-corrected chi connectivity index (χ4v) is 3.71. The lowest BCUT2D eigenvalue weighted by atomic mass is 10.0. The largest absolute Gasteiger partial charge is 0.506 e. The molecule has 0 aliphatic heterocycles. The standard InChI is InChI=1S/C22H21NO6S/c1-4-28-18-7-6-13(10-19(18)29-5-2)21-23-17(12-30-21)14-8-15(11-24)20(25)16(9-14)22(26)27-3/h6-12,25H,4-5H2,1-3H3. The zero-order valence-electron chi connectivity index (χ0n) is 16.8. The van der Waals surface area contributed by atoms with Gasteiger partial charge in [0, 0.05) is 16.5 Å². The van der Waals surface area contributed by atoms with Crippen molar-refractivity contribution in [3.8, 4) is 39.1 Å². The van der Waals surface area contributed by atoms with Crippen molar-refractivity contribution < 1.29 is 28.9 Å². The Labute approximate surface area is 177 Å². The van der Waals surface area contributed by atoms with Gasteiger partial charge in [0.25, 0.3) is 0 Å². The van der Waals surface area contributed by atoms with Crippen LogP contribution in [0.3, 0.4) is 0 Å². The first kappa shape index (κ1) is 21.3. The van der Waals surface area contributed by atoms with E-state index in [4.69, 9.17) is 14.2 Å². The van der Waals surface area contributed by atoms with Crippen molar-refractivity contribution in [3.05, 3.63) is 46.8 Å². The zero-order valence-corrected chi connectivity index (χ0v) is 17.6. The number of benzene rings is 2. The van der Waals surface area contributed by atoms with Gasteiger partial charge in [-0.05, 0) is 44.2 Å². The highest BCUT2D eigenvalue weighted by Crippen LogP contribution is 2.36. The van der Waals surface area contributed by atoms with Crippen LogP contribution < -0.4 is 9.47 Å². The monoisotopic (exact) mass is 427 g/mol. The molecule has 0 atom stereocenters. The molecule has 0 saturated heterocycles. The molecule has 0 amide bonds. The summed E-state index contributed by atoms with van der Waals surface area (Å²) in [5.41, 5.74) is 1.83. The molecular weight excluding hydrogens is 406 g/mol. The highest BCUT2D eigenvalue weighted by atomic mass is 32.1. The highest BCUT2D eigenvalue weighted by Gasteiger charge is 2.19. The maximum atomic E-state index is 12.0. The smallest absolute Gasteiger partial charge is 0.341 e. The van der Waals surface area contributed by atoms with E-state index in [2.05, 4.69) is 4.98 Å². The molecule has 3 aromatic rings. The summed E-state index contributed by atoms with van der Waals surface area (Å²) in [6.07, 6.45) is 0.485. The number of aldehydes is 1. The van der Waals surface area contributed by atoms with E-state index in [1.807, 2.05) is 37.4 Å². The minimum absolute atomic E-state index is 0.0119. The first-order chi connectivity index (χ1) is 14.5. The molecule has 0 saturated carbocycles. The minimum atomic E-state index is -0.735. The molecule has 0 radical (unpaired) electrons. The van der Waals surface area contributed by atoms with Crippen molar-refractivity contribution in [2.24, 2.45) is 0 Å². The summed E-state index contributed by atoms with van der Waals surface area (Å²) in [6, 6.07) is 8.54. The van der Waals surface area contributed by atoms with Crippen LogP contribution in [-0.4, -0.2) is 42.7 Å². The number of aromatic nitrogens is 1. The summed E-state index contributed by atoms with van der Waals surface area (Å²) in [5.74, 6) is 0.149. The Morgan fingerprint density at radius 3 is 2.50 bits per heavy atom. The van der Waals surface area contributed by atoms with Gasteiger partial charge < -0.3 is 19.3 Å². The molecule has 156 valence electrons. The summed E-state index contributed by atoms with van der Waals surface area (Å²) in [5, 5.41) is 12.7. The van der Waals surface area contributed by atoms with Gasteiger partial charge in [-0.25, -0.2) is 9.78 Å². The van der Waals surface area contributed by atoms with Crippen LogP contribution in [0.15, 0.2) is 35.7 Å². The Bertz CT molecular complexity index is 1080. The van der Waals surface area contributed by atoms with Crippen LogP contribution in [0.4, 0.5) is 0 Å². The molecule has 1 N–H and O–H groups in total. The van der Waals surface area contributed by atoms with Crippen molar-refractivity contribution in [1.82, 2.24) is 4.98 Å². The van der Waals surface area contributed by atoms with Gasteiger partial charge in [0.05, 0.1) is 31.6 Å². The molecule has 0 aliphatic rings. The van der Waals surface area contributed by atoms with Crippen molar-refractivity contribution >= 4 is 23.6 Å². The number of phenolic OH excluding ortho intramolecular Hbond substituents is 1. The second-order valence-corrected chi connectivity index (χ2v) is 6.99. The van der Waals surface area contributed by atoms with E-state index < -0.39 is 11.7 Å². The van der Waals surface area contributed by atoms with E-state index in [1.54, 1.807) is 0 Å². The summed E-state index contributed by atoms with van der Waals surface area (Å²) >= 11 is 1.41. The van der Waals surface area contributed by atoms with Crippen LogP contribution in [0.25, 0.3) is 21.8 Å². The number of methoxy groups -OCH3 is 1. The molecule has 3 rings (SSSR count). The van der Waals surface area contributed by atoms with Crippen LogP contribution in [0.1, 0.15) is 34.6 Å². The van der Waals surface area contributed by atoms with Gasteiger partial charge in [-0.15, -0.1) is 11.3 Å². The number of hydrogen-bond acceptors (Lipinski definition) is 8. The minimum Gasteiger partial charge on any atom is -0.506 e. The number of ether oxygens (including phenoxy) is 3. The van der Waals surface area contributed by atoms with Gasteiger partial charge in [-0.3, -0.25) is 4.79 Å². The topological polar surface area (TPSA) is 95.0 Å². The number of thiazole rings is 1. The number of aromatic hydroxyl groups is 1. The molecule has 1 heterocycles. The summed E-state index contributed by atoms with van der Waals surface area (Å²) in [6.45, 7) is 4.84. The first-order valence-electron chi connectivity index (χ1n) is 9.28. The highest BCUT2D eigenvalue weighted by molar-refractivity contribution is 7.13. The lowest BCUT2D eigenvalue weighted by Crippen LogP contribution is -2.03. The fourth-order valence-electron chi connectivity index (χ4n) is 2.88. The first-order valence-corrected chi connectivity index (χ1v) is 10.2. The Morgan fingerprint density at radius 2 is 1.83 bits per heavy atom. The van der Waals surface area contributed by atoms with E-state index >= 15 is 0 Å². The molecule has 30 heavy (non-hydrogen) atoms. The molecular formula is C22H21NO6S. The molecule has 0 spiro atoms. The van der Waals surface area contributed by atoms with E-state index in [1.165, 1.54) is 30.6 Å². The fraction of sp³-hybridized carbons (Fsp3) is 0.227. The second kappa shape index (κ2) is 9.41. The Balaban J connectivity index is 2.02. The molecule has 1 aromatic heterocycles. The predicted molar refractivity (Wildman–Crippen MR) is 114 cm³/mol. The van der Waals surface area contributed by atoms with Gasteiger partial charge in [0.1, 0.15) is 16.3 Å². The molecule has 0 aliphatic carbocycles. The van der Waals surface area contributed by atoms with Crippen LogP contribution in [-0.2, 0) is 4.74 Å². The number of esters is 1. The van der Waals surface area contributed by atoms with Gasteiger partial charge in [0.15, 0.2) is 17.8 Å². The van der Waals surface area contributed by atoms with Crippen LogP contribution in [0, 0.1) is 0 Å². The van der Waals surface area contributed by atoms with Crippen LogP contribution >= 0.6 is 11.3 Å². The van der Waals surface area contributed by atoms with Gasteiger partial charge in [0.2, 0.25) is 0 Å². The lowest BCUT2D eigenvalue weighted by Gasteiger charge is -2.11. The third kappa shape index (κ3) is 4.28. The van der Waals surface area contributed by atoms with E-state index in [0.717, 1.165) is 10.6 Å². The lowest BCUT2D eigenvalue weighted by molar-refractivity contribution is 0.0597. The Hall–Kier alpha value is -3.39. The second-order valence-electron chi connectivity index (χ2n) is 6.14. The summed E-state index contributed by atoms with van der Waals surface area (Å²) < 4.78 is 16.0. The molecule has 0 unspecified atom stereocenters. The SMILES string of the molecule is CCOc1ccc(-c2nc(-c3cc(C=O)c(O)c(C(=O)OC)c3)cs2)cc1OCC. The average Bonchev–Trinajstić information content (AvgIpc) is 3.25. The molecule has 8 heteroatoms. The van der Waals surface area contributed by atoms with E-state index in [-0.39, 0.29) is 11.1 Å². The molecule has 0 bridgehead atoms. The van der Waals surface area contributed by atoms with Crippen molar-refractivity contribution in [3.63, 3.8) is 0 Å². The predicted octanol–water partition coefficient (Wildman–Crippen LogP) is 4.58. The van der Waals surface area contributed by atoms with Gasteiger partial charge in [-0.2, -0.15) is 0 Å². The summed E-state index contributed by atoms with van der Waals surface area (Å²) in [4.78, 5) is 27.9. The third-order valence-corrected chi connectivity index (χ3v) is 5.15. The van der Waals surface area contributed by atoms with Gasteiger partial charge >= 0.3 is 5.97 Å². The van der Waals surface area contributed by atoms with Crippen LogP contribution in [0.5, 0.6) is 17.2 Å². The van der Waals surface area contributed by atoms with E-state index in [9.17, 15) is 14.7 Å².